The Kier molecular flexibility index (Phi) is 7.93. The molecule has 220 valence electrons. The van der Waals surface area contributed by atoms with Gasteiger partial charge in [0.2, 0.25) is 5.91 Å². The van der Waals surface area contributed by atoms with Gasteiger partial charge in [0.05, 0.1) is 18.7 Å². The largest absolute Gasteiger partial charge is 0.494 e. The molecule has 3 N–H and O–H groups in total. The molecule has 1 saturated heterocycles. The van der Waals surface area contributed by atoms with Gasteiger partial charge < -0.3 is 20.7 Å². The molecule has 1 aliphatic heterocycles. The molecule has 0 atom stereocenters. The molecule has 0 aliphatic carbocycles. The van der Waals surface area contributed by atoms with Crippen molar-refractivity contribution in [2.24, 2.45) is 5.92 Å². The predicted molar refractivity (Wildman–Crippen MR) is 159 cm³/mol. The number of aromatic nitrogens is 5. The Morgan fingerprint density at radius 2 is 1.91 bits per heavy atom. The molecule has 43 heavy (non-hydrogen) atoms. The fraction of sp³-hybridized carbons (Fsp3) is 0.258. The van der Waals surface area contributed by atoms with Crippen LogP contribution in [-0.2, 0) is 17.8 Å². The molecule has 2 aromatic carbocycles. The van der Waals surface area contributed by atoms with E-state index in [1.807, 2.05) is 24.3 Å². The van der Waals surface area contributed by atoms with E-state index in [1.165, 1.54) is 19.1 Å². The van der Waals surface area contributed by atoms with Crippen LogP contribution < -0.4 is 20.7 Å². The number of halogens is 2. The molecule has 4 heterocycles. The highest BCUT2D eigenvalue weighted by Gasteiger charge is 2.23. The second-order valence-electron chi connectivity index (χ2n) is 10.4. The first-order valence-electron chi connectivity index (χ1n) is 14.0. The number of amides is 1. The molecule has 0 saturated carbocycles. The van der Waals surface area contributed by atoms with Crippen molar-refractivity contribution in [3.05, 3.63) is 83.7 Å². The molecule has 3 aromatic heterocycles. The number of rotatable bonds is 10. The van der Waals surface area contributed by atoms with Crippen LogP contribution in [0.25, 0.3) is 22.4 Å². The summed E-state index contributed by atoms with van der Waals surface area (Å²) >= 11 is 0. The average Bonchev–Trinajstić information content (AvgIpc) is 3.32. The number of carbonyl (C=O) groups excluding carboxylic acids is 1. The third-order valence-corrected chi connectivity index (χ3v) is 7.17. The van der Waals surface area contributed by atoms with Crippen molar-refractivity contribution >= 4 is 34.1 Å². The number of nitrogens with one attached hydrogen (secondary N) is 3. The van der Waals surface area contributed by atoms with Crippen molar-refractivity contribution in [3.63, 3.8) is 0 Å². The van der Waals surface area contributed by atoms with Gasteiger partial charge in [-0.2, -0.15) is 5.10 Å². The normalized spacial score (nSPS) is 13.1. The average molecular weight is 585 g/mol. The number of pyridine rings is 1. The summed E-state index contributed by atoms with van der Waals surface area (Å²) in [6.45, 7) is 5.17. The number of hydrogen-bond acceptors (Lipinski definition) is 8. The molecular formula is C31H30F2N8O2. The smallest absolute Gasteiger partial charge is 0.222 e. The molecule has 6 rings (SSSR count). The molecule has 0 unspecified atom stereocenters. The van der Waals surface area contributed by atoms with E-state index in [1.54, 1.807) is 36.1 Å². The Labute approximate surface area is 246 Å². The summed E-state index contributed by atoms with van der Waals surface area (Å²) in [4.78, 5) is 25.3. The van der Waals surface area contributed by atoms with Crippen LogP contribution >= 0.6 is 0 Å². The highest BCUT2D eigenvalue weighted by atomic mass is 19.1. The zero-order chi connectivity index (χ0) is 29.9. The maximum absolute atomic E-state index is 15.0. The van der Waals surface area contributed by atoms with Crippen LogP contribution in [0.3, 0.4) is 0 Å². The van der Waals surface area contributed by atoms with Crippen LogP contribution in [0.5, 0.6) is 5.75 Å². The van der Waals surface area contributed by atoms with E-state index in [0.717, 1.165) is 30.5 Å². The Morgan fingerprint density at radius 1 is 1.12 bits per heavy atom. The van der Waals surface area contributed by atoms with Gasteiger partial charge in [0.25, 0.3) is 0 Å². The number of ether oxygens (including phenoxy) is 1. The summed E-state index contributed by atoms with van der Waals surface area (Å²) in [5.74, 6) is 0.319. The zero-order valence-corrected chi connectivity index (χ0v) is 23.7. The van der Waals surface area contributed by atoms with Crippen LogP contribution in [0.2, 0.25) is 0 Å². The number of para-hydroxylation sites is 1. The maximum atomic E-state index is 15.0. The van der Waals surface area contributed by atoms with Crippen molar-refractivity contribution in [2.75, 3.05) is 30.3 Å². The van der Waals surface area contributed by atoms with E-state index < -0.39 is 11.6 Å². The number of hydrogen-bond donors (Lipinski definition) is 3. The molecule has 10 nitrogen and oxygen atoms in total. The summed E-state index contributed by atoms with van der Waals surface area (Å²) < 4.78 is 36.8. The van der Waals surface area contributed by atoms with E-state index in [4.69, 9.17) is 14.8 Å². The van der Waals surface area contributed by atoms with Gasteiger partial charge in [-0.05, 0) is 44.5 Å². The van der Waals surface area contributed by atoms with Gasteiger partial charge in [-0.3, -0.25) is 9.48 Å². The van der Waals surface area contributed by atoms with Crippen molar-refractivity contribution in [3.8, 4) is 17.3 Å². The second kappa shape index (κ2) is 12.1. The lowest BCUT2D eigenvalue weighted by Crippen LogP contribution is -2.43. The van der Waals surface area contributed by atoms with E-state index in [2.05, 4.69) is 25.9 Å². The minimum absolute atomic E-state index is 0.122. The molecule has 1 fully saturated rings. The SMILES string of the molecule is CCOc1cc(F)c(Cn2nc(-c3ncc(CC4CNC4)c(Nc4ccnc(NC(C)=O)c4)n3)c3ccccc32)c(F)c1. The quantitative estimate of drug-likeness (QED) is 0.208. The van der Waals surface area contributed by atoms with Crippen LogP contribution in [0, 0.1) is 17.6 Å². The molecular weight excluding hydrogens is 554 g/mol. The second-order valence-corrected chi connectivity index (χ2v) is 10.4. The predicted octanol–water partition coefficient (Wildman–Crippen LogP) is 5.08. The number of fused-ring (bicyclic) bond motifs is 1. The van der Waals surface area contributed by atoms with Gasteiger partial charge in [0.1, 0.15) is 34.7 Å². The minimum Gasteiger partial charge on any atom is -0.494 e. The molecule has 1 aliphatic rings. The maximum Gasteiger partial charge on any atom is 0.222 e. The van der Waals surface area contributed by atoms with Gasteiger partial charge in [-0.25, -0.2) is 23.7 Å². The van der Waals surface area contributed by atoms with E-state index in [9.17, 15) is 13.6 Å². The van der Waals surface area contributed by atoms with E-state index >= 15 is 0 Å². The van der Waals surface area contributed by atoms with Crippen LogP contribution in [0.15, 0.2) is 60.9 Å². The first kappa shape index (κ1) is 28.2. The van der Waals surface area contributed by atoms with Gasteiger partial charge >= 0.3 is 0 Å². The molecule has 1 amide bonds. The fourth-order valence-electron chi connectivity index (χ4n) is 5.02. The molecule has 12 heteroatoms. The summed E-state index contributed by atoms with van der Waals surface area (Å²) in [5, 5.41) is 14.8. The summed E-state index contributed by atoms with van der Waals surface area (Å²) in [6, 6.07) is 13.3. The Hall–Kier alpha value is -4.97. The van der Waals surface area contributed by atoms with Crippen molar-refractivity contribution in [2.45, 2.75) is 26.8 Å². The third-order valence-electron chi connectivity index (χ3n) is 7.17. The van der Waals surface area contributed by atoms with Crippen molar-refractivity contribution < 1.29 is 18.3 Å². The lowest BCUT2D eigenvalue weighted by molar-refractivity contribution is -0.114. The first-order valence-corrected chi connectivity index (χ1v) is 14.0. The first-order chi connectivity index (χ1) is 20.9. The lowest BCUT2D eigenvalue weighted by Gasteiger charge is -2.27. The highest BCUT2D eigenvalue weighted by molar-refractivity contribution is 5.92. The van der Waals surface area contributed by atoms with Gasteiger partial charge in [-0.15, -0.1) is 0 Å². The summed E-state index contributed by atoms with van der Waals surface area (Å²) in [7, 11) is 0. The van der Waals surface area contributed by atoms with Crippen LogP contribution in [-0.4, -0.2) is 50.3 Å². The number of nitrogens with zero attached hydrogens (tertiary/aromatic N) is 5. The minimum atomic E-state index is -0.710. The fourth-order valence-corrected chi connectivity index (χ4v) is 5.02. The number of carbonyl (C=O) groups is 1. The summed E-state index contributed by atoms with van der Waals surface area (Å²) in [5.41, 5.74) is 2.66. The molecule has 0 bridgehead atoms. The zero-order valence-electron chi connectivity index (χ0n) is 23.7. The Morgan fingerprint density at radius 3 is 2.63 bits per heavy atom. The molecule has 5 aromatic rings. The van der Waals surface area contributed by atoms with Gasteiger partial charge in [-0.1, -0.05) is 18.2 Å². The van der Waals surface area contributed by atoms with Crippen molar-refractivity contribution in [1.29, 1.82) is 0 Å². The Balaban J connectivity index is 1.38. The standard InChI is InChI=1S/C31H30F2N8O2/c1-3-43-22-12-25(32)24(26(33)13-22)17-41-27-7-5-4-6-23(27)29(40-41)31-36-16-20(10-19-14-34-15-19)30(39-31)38-21-8-9-35-28(11-21)37-18(2)42/h4-9,11-13,16,19,34H,3,10,14-15,17H2,1-2H3,(H2,35,36,37,38,39,42). The van der Waals surface area contributed by atoms with E-state index in [0.29, 0.717) is 46.9 Å². The molecule has 0 radical (unpaired) electrons. The van der Waals surface area contributed by atoms with Gasteiger partial charge in [0, 0.05) is 59.7 Å². The van der Waals surface area contributed by atoms with E-state index in [-0.39, 0.29) is 23.8 Å². The highest BCUT2D eigenvalue weighted by Crippen LogP contribution is 2.31. The molecule has 0 spiro atoms. The monoisotopic (exact) mass is 584 g/mol. The topological polar surface area (TPSA) is 119 Å². The third kappa shape index (κ3) is 6.14. The lowest BCUT2D eigenvalue weighted by atomic mass is 9.95. The van der Waals surface area contributed by atoms with Crippen molar-refractivity contribution in [1.82, 2.24) is 30.0 Å². The number of benzene rings is 2. The van der Waals surface area contributed by atoms with Crippen LogP contribution in [0.4, 0.5) is 26.1 Å². The summed E-state index contributed by atoms with van der Waals surface area (Å²) in [6.07, 6.45) is 4.16. The Bertz CT molecular complexity index is 1780. The van der Waals surface area contributed by atoms with Gasteiger partial charge in [0.15, 0.2) is 5.82 Å². The van der Waals surface area contributed by atoms with Crippen LogP contribution in [0.1, 0.15) is 25.0 Å². The number of anilines is 3.